The third kappa shape index (κ3) is 10.0. The Balaban J connectivity index is 0.916. The Morgan fingerprint density at radius 3 is 2.37 bits per heavy atom. The molecular weight excluding hydrogens is 911 g/mol. The first-order chi connectivity index (χ1) is 33.5. The fourth-order valence-electron chi connectivity index (χ4n) is 10.6. The van der Waals surface area contributed by atoms with Crippen LogP contribution >= 0.6 is 0 Å². The average Bonchev–Trinajstić information content (AvgIpc) is 4.01. The van der Waals surface area contributed by atoms with Crippen LogP contribution in [0.3, 0.4) is 0 Å². The summed E-state index contributed by atoms with van der Waals surface area (Å²) in [6.07, 6.45) is -5.68. The van der Waals surface area contributed by atoms with Crippen molar-refractivity contribution in [3.05, 3.63) is 112 Å². The van der Waals surface area contributed by atoms with Gasteiger partial charge < -0.3 is 64.6 Å². The van der Waals surface area contributed by atoms with E-state index in [2.05, 4.69) is 10.6 Å². The normalized spacial score (nSPS) is 31.2. The highest BCUT2D eigenvalue weighted by atomic mass is 16.8. The maximum Gasteiger partial charge on any atom is 0.327 e. The van der Waals surface area contributed by atoms with Crippen molar-refractivity contribution in [1.82, 2.24) is 15.7 Å². The Morgan fingerprint density at radius 1 is 0.914 bits per heavy atom. The number of nitrogens with one attached hydrogen (secondary N) is 2. The van der Waals surface area contributed by atoms with E-state index in [0.29, 0.717) is 18.4 Å². The number of esters is 2. The standard InChI is InChI=1S/C51H61N3O16/c1-49(2,3)67-37(57)17-16-34(26-55)53-45(61)31-15-7-10-29(20-31)24-52-48(63)51-23-35-41-42(69-50(68-41)21-32-13-4-5-14-33(32)22-50)44(51)70-54(43(51)46(62)65-35)25-30-11-6-9-28(19-30)12-8-18-64-47-40(60)39(59)38(58)36(27-56)66-47/h4-15,19-20,34-36,38-44,47,55-56,58-60H,16-18,21-27H2,1-3H3,(H,52,63)(H,53,61)/t34-,35+,36+,38-,39-,40+,41-,42-,43-,44+,47-,51-/m0/s1. The van der Waals surface area contributed by atoms with Gasteiger partial charge in [-0.3, -0.25) is 24.0 Å². The number of aliphatic hydroxyl groups excluding tert-OH is 5. The molecule has 7 N–H and O–H groups in total. The van der Waals surface area contributed by atoms with Crippen molar-refractivity contribution in [2.24, 2.45) is 5.41 Å². The van der Waals surface area contributed by atoms with Crippen molar-refractivity contribution in [3.8, 4) is 0 Å². The predicted molar refractivity (Wildman–Crippen MR) is 244 cm³/mol. The van der Waals surface area contributed by atoms with Gasteiger partial charge in [-0.15, -0.1) is 0 Å². The highest BCUT2D eigenvalue weighted by molar-refractivity contribution is 5.95. The molecule has 19 nitrogen and oxygen atoms in total. The molecule has 2 aliphatic carbocycles. The number of hydroxylamine groups is 2. The Kier molecular flexibility index (Phi) is 14.3. The van der Waals surface area contributed by atoms with Crippen LogP contribution in [0.5, 0.6) is 0 Å². The van der Waals surface area contributed by atoms with Gasteiger partial charge in [0.1, 0.15) is 59.8 Å². The summed E-state index contributed by atoms with van der Waals surface area (Å²) in [6, 6.07) is 20.1. The number of rotatable bonds is 16. The number of ether oxygens (including phenoxy) is 6. The van der Waals surface area contributed by atoms with Gasteiger partial charge >= 0.3 is 11.9 Å². The smallest absolute Gasteiger partial charge is 0.327 e. The molecule has 3 aromatic carbocycles. The summed E-state index contributed by atoms with van der Waals surface area (Å²) in [5.41, 5.74) is 2.34. The predicted octanol–water partition coefficient (Wildman–Crippen LogP) is 1.12. The van der Waals surface area contributed by atoms with Crippen molar-refractivity contribution in [2.75, 3.05) is 19.8 Å². The molecule has 0 radical (unpaired) electrons. The first kappa shape index (κ1) is 49.8. The van der Waals surface area contributed by atoms with Gasteiger partial charge in [0.2, 0.25) is 5.91 Å². The lowest BCUT2D eigenvalue weighted by Gasteiger charge is -2.48. The van der Waals surface area contributed by atoms with Gasteiger partial charge in [-0.05, 0) is 67.1 Å². The van der Waals surface area contributed by atoms with Crippen LogP contribution in [0.2, 0.25) is 0 Å². The molecule has 0 unspecified atom stereocenters. The zero-order valence-electron chi connectivity index (χ0n) is 39.2. The molecule has 4 saturated heterocycles. The second-order valence-corrected chi connectivity index (χ2v) is 20.0. The molecule has 3 aromatic rings. The second kappa shape index (κ2) is 20.2. The fraction of sp³-hybridized carbons (Fsp3) is 0.529. The van der Waals surface area contributed by atoms with Crippen molar-refractivity contribution >= 4 is 29.8 Å². The first-order valence-electron chi connectivity index (χ1n) is 23.7. The van der Waals surface area contributed by atoms with Crippen molar-refractivity contribution in [3.63, 3.8) is 0 Å². The lowest BCUT2D eigenvalue weighted by Crippen LogP contribution is -2.69. The third-order valence-electron chi connectivity index (χ3n) is 13.8. The van der Waals surface area contributed by atoms with E-state index in [1.165, 1.54) is 5.06 Å². The minimum atomic E-state index is -1.57. The van der Waals surface area contributed by atoms with Gasteiger partial charge in [0.05, 0.1) is 32.4 Å². The van der Waals surface area contributed by atoms with Crippen LogP contribution in [0.1, 0.15) is 78.2 Å². The SMILES string of the molecule is CC(C)(C)OC(=O)CC[C@@H](CO)NC(=O)c1cccc(CNC(=O)[C@@]23C[C@H]4OC(=O)[C@@H]2N(Cc2cccc(C=CCO[C@H]5O[C@H](CO)[C@H](O)[C@H](O)[C@H]5O)c2)O[C@@H]3[C@H]2OC3(Cc5ccccc5C3)O[C@H]24)c1. The van der Waals surface area contributed by atoms with Crippen LogP contribution in [-0.4, -0.2) is 153 Å². The number of hydrogen-bond acceptors (Lipinski definition) is 17. The molecule has 4 heterocycles. The van der Waals surface area contributed by atoms with Crippen LogP contribution in [0, 0.1) is 5.41 Å². The first-order valence-corrected chi connectivity index (χ1v) is 23.7. The van der Waals surface area contributed by atoms with E-state index < -0.39 is 121 Å². The molecule has 19 heteroatoms. The third-order valence-corrected chi connectivity index (χ3v) is 13.8. The average molecular weight is 972 g/mol. The summed E-state index contributed by atoms with van der Waals surface area (Å²) in [4.78, 5) is 61.9. The number of nitrogens with zero attached hydrogens (tertiary/aromatic N) is 1. The molecule has 9 rings (SSSR count). The maximum absolute atomic E-state index is 15.1. The fourth-order valence-corrected chi connectivity index (χ4v) is 10.6. The Bertz CT molecular complexity index is 2430. The molecule has 6 aliphatic rings. The molecule has 5 fully saturated rings. The minimum Gasteiger partial charge on any atom is -0.460 e. The van der Waals surface area contributed by atoms with Gasteiger partial charge in [0.15, 0.2) is 18.1 Å². The van der Waals surface area contributed by atoms with Gasteiger partial charge in [-0.1, -0.05) is 72.8 Å². The van der Waals surface area contributed by atoms with Crippen molar-refractivity contribution < 1.29 is 78.0 Å². The van der Waals surface area contributed by atoms with Gasteiger partial charge in [0.25, 0.3) is 5.91 Å². The van der Waals surface area contributed by atoms with Crippen molar-refractivity contribution in [1.29, 1.82) is 0 Å². The molecule has 70 heavy (non-hydrogen) atoms. The Hall–Kier alpha value is -5.16. The lowest BCUT2D eigenvalue weighted by atomic mass is 9.62. The quantitative estimate of drug-likeness (QED) is 0.0993. The number of carbonyl (C=O) groups excluding carboxylic acids is 4. The van der Waals surface area contributed by atoms with Gasteiger partial charge in [-0.25, -0.2) is 0 Å². The number of carbonyl (C=O) groups is 4. The summed E-state index contributed by atoms with van der Waals surface area (Å²) >= 11 is 0. The number of hydrogen-bond donors (Lipinski definition) is 7. The van der Waals surface area contributed by atoms with Gasteiger partial charge in [-0.2, -0.15) is 5.06 Å². The molecule has 1 spiro atoms. The van der Waals surface area contributed by atoms with Crippen LogP contribution < -0.4 is 10.6 Å². The number of fused-ring (bicyclic) bond motifs is 5. The molecule has 2 amide bonds. The van der Waals surface area contributed by atoms with E-state index in [0.717, 1.165) is 22.3 Å². The van der Waals surface area contributed by atoms with E-state index in [9.17, 15) is 39.9 Å². The van der Waals surface area contributed by atoms with Crippen LogP contribution in [-0.2, 0) is 73.6 Å². The monoisotopic (exact) mass is 971 g/mol. The number of amides is 2. The highest BCUT2D eigenvalue weighted by Gasteiger charge is 2.76. The Morgan fingerprint density at radius 2 is 1.64 bits per heavy atom. The zero-order chi connectivity index (χ0) is 49.5. The van der Waals surface area contributed by atoms with E-state index in [1.807, 2.05) is 48.5 Å². The van der Waals surface area contributed by atoms with Gasteiger partial charge in [0, 0.05) is 37.8 Å². The van der Waals surface area contributed by atoms with E-state index in [1.54, 1.807) is 57.2 Å². The Labute approximate surface area is 404 Å². The lowest BCUT2D eigenvalue weighted by molar-refractivity contribution is -0.298. The summed E-state index contributed by atoms with van der Waals surface area (Å²) in [5.74, 6) is -3.07. The molecule has 0 aromatic heterocycles. The van der Waals surface area contributed by atoms with Crippen molar-refractivity contribution in [2.45, 2.75) is 145 Å². The highest BCUT2D eigenvalue weighted by Crippen LogP contribution is 2.58. The summed E-state index contributed by atoms with van der Waals surface area (Å²) < 4.78 is 36.2. The summed E-state index contributed by atoms with van der Waals surface area (Å²) in [6.45, 7) is 4.31. The summed E-state index contributed by atoms with van der Waals surface area (Å²) in [5, 5.41) is 57.4. The summed E-state index contributed by atoms with van der Waals surface area (Å²) in [7, 11) is 0. The molecule has 12 atom stereocenters. The largest absolute Gasteiger partial charge is 0.460 e. The van der Waals surface area contributed by atoms with E-state index in [-0.39, 0.29) is 44.5 Å². The minimum absolute atomic E-state index is 0.000576. The second-order valence-electron chi connectivity index (χ2n) is 20.0. The van der Waals surface area contributed by atoms with Crippen LogP contribution in [0.15, 0.2) is 78.9 Å². The molecule has 2 bridgehead atoms. The molecular formula is C51H61N3O16. The maximum atomic E-state index is 15.1. The van der Waals surface area contributed by atoms with Crippen LogP contribution in [0.4, 0.5) is 0 Å². The number of aliphatic hydroxyl groups is 5. The number of benzene rings is 3. The van der Waals surface area contributed by atoms with Crippen LogP contribution in [0.25, 0.3) is 6.08 Å². The molecule has 4 aliphatic heterocycles. The van der Waals surface area contributed by atoms with E-state index >= 15 is 4.79 Å². The van der Waals surface area contributed by atoms with E-state index in [4.69, 9.17) is 33.3 Å². The molecule has 376 valence electrons. The molecule has 1 saturated carbocycles. The topological polar surface area (TPSA) is 261 Å². The zero-order valence-corrected chi connectivity index (χ0v) is 39.2.